The molecule has 0 bridgehead atoms. The molecular formula is C15H11BrN4O4. The molecule has 8 nitrogen and oxygen atoms in total. The molecule has 2 aromatic carbocycles. The zero-order chi connectivity index (χ0) is 17.5. The number of nitrogens with zero attached hydrogens (tertiary/aromatic N) is 3. The molecule has 0 spiro atoms. The number of rotatable bonds is 6. The first-order chi connectivity index (χ1) is 11.5. The second-order valence-electron chi connectivity index (χ2n) is 4.53. The maximum Gasteiger partial charge on any atom is 0.301 e. The van der Waals surface area contributed by atoms with Gasteiger partial charge in [-0.3, -0.25) is 25.7 Å². The maximum atomic E-state index is 11.0. The third kappa shape index (κ3) is 4.71. The van der Waals surface area contributed by atoms with Gasteiger partial charge in [0.2, 0.25) is 0 Å². The van der Waals surface area contributed by atoms with Crippen LogP contribution in [0.5, 0.6) is 0 Å². The van der Waals surface area contributed by atoms with Crippen molar-refractivity contribution in [1.29, 1.82) is 0 Å². The predicted octanol–water partition coefficient (Wildman–Crippen LogP) is 4.34. The summed E-state index contributed by atoms with van der Waals surface area (Å²) in [5, 5.41) is 25.6. The molecule has 0 radical (unpaired) electrons. The van der Waals surface area contributed by atoms with Gasteiger partial charge in [-0.25, -0.2) is 0 Å². The molecule has 0 atom stereocenters. The van der Waals surface area contributed by atoms with E-state index in [2.05, 4.69) is 26.5 Å². The lowest BCUT2D eigenvalue weighted by Crippen LogP contribution is -1.98. The average molecular weight is 391 g/mol. The predicted molar refractivity (Wildman–Crippen MR) is 95.2 cm³/mol. The summed E-state index contributed by atoms with van der Waals surface area (Å²) in [6.07, 6.45) is 3.24. The van der Waals surface area contributed by atoms with Crippen molar-refractivity contribution in [3.05, 3.63) is 78.8 Å². The Morgan fingerprint density at radius 2 is 1.79 bits per heavy atom. The maximum absolute atomic E-state index is 11.0. The molecule has 2 aromatic rings. The topological polar surface area (TPSA) is 111 Å². The summed E-state index contributed by atoms with van der Waals surface area (Å²) < 4.78 is 0.644. The summed E-state index contributed by atoms with van der Waals surface area (Å²) >= 11 is 3.31. The number of hydrogen-bond donors (Lipinski definition) is 1. The number of anilines is 1. The van der Waals surface area contributed by atoms with Crippen LogP contribution in [0.25, 0.3) is 6.08 Å². The normalized spacial score (nSPS) is 11.5. The Morgan fingerprint density at radius 1 is 1.08 bits per heavy atom. The molecule has 2 rings (SSSR count). The standard InChI is InChI=1S/C15H11BrN4O4/c16-12(8-11-4-2-1-3-5-11)10-17-18-14-7-6-13(19(21)22)9-15(14)20(23)24/h1-10,18H/b12-8-,17-10+. The lowest BCUT2D eigenvalue weighted by molar-refractivity contribution is -0.393. The SMILES string of the molecule is O=[N+]([O-])c1ccc(N/N=C/C(Br)=C/c2ccccc2)c([N+](=O)[O-])c1. The molecule has 0 aliphatic carbocycles. The van der Waals surface area contributed by atoms with Crippen molar-refractivity contribution < 1.29 is 9.85 Å². The Bertz CT molecular complexity index is 821. The minimum absolute atomic E-state index is 0.0573. The monoisotopic (exact) mass is 390 g/mol. The van der Waals surface area contributed by atoms with E-state index in [1.165, 1.54) is 18.3 Å². The first-order valence-corrected chi connectivity index (χ1v) is 7.41. The molecule has 1 N–H and O–H groups in total. The van der Waals surface area contributed by atoms with Crippen LogP contribution in [0, 0.1) is 20.2 Å². The van der Waals surface area contributed by atoms with Gasteiger partial charge in [0.05, 0.1) is 22.1 Å². The number of hydrazone groups is 1. The van der Waals surface area contributed by atoms with E-state index < -0.39 is 15.5 Å². The fraction of sp³-hybridized carbons (Fsp3) is 0. The number of hydrogen-bond acceptors (Lipinski definition) is 6. The molecule has 0 aliphatic heterocycles. The highest BCUT2D eigenvalue weighted by atomic mass is 79.9. The van der Waals surface area contributed by atoms with Crippen molar-refractivity contribution in [3.8, 4) is 0 Å². The molecule has 0 unspecified atom stereocenters. The first-order valence-electron chi connectivity index (χ1n) is 6.61. The molecule has 0 heterocycles. The number of halogens is 1. The number of non-ortho nitro benzene ring substituents is 1. The number of benzene rings is 2. The summed E-state index contributed by atoms with van der Waals surface area (Å²) in [7, 11) is 0. The summed E-state index contributed by atoms with van der Waals surface area (Å²) in [6.45, 7) is 0. The third-order valence-electron chi connectivity index (χ3n) is 2.87. The Morgan fingerprint density at radius 3 is 2.42 bits per heavy atom. The van der Waals surface area contributed by atoms with Gasteiger partial charge in [0, 0.05) is 10.5 Å². The fourth-order valence-electron chi connectivity index (χ4n) is 1.79. The molecule has 0 aromatic heterocycles. The van der Waals surface area contributed by atoms with Crippen molar-refractivity contribution in [2.75, 3.05) is 5.43 Å². The zero-order valence-corrected chi connectivity index (χ0v) is 13.7. The van der Waals surface area contributed by atoms with Crippen molar-refractivity contribution in [2.45, 2.75) is 0 Å². The van der Waals surface area contributed by atoms with Gasteiger partial charge in [-0.1, -0.05) is 30.3 Å². The number of nitro groups is 2. The van der Waals surface area contributed by atoms with Crippen LogP contribution < -0.4 is 5.43 Å². The second kappa shape index (κ2) is 7.97. The van der Waals surface area contributed by atoms with Crippen LogP contribution in [0.2, 0.25) is 0 Å². The molecular weight excluding hydrogens is 380 g/mol. The van der Waals surface area contributed by atoms with Crippen molar-refractivity contribution in [1.82, 2.24) is 0 Å². The van der Waals surface area contributed by atoms with Crippen molar-refractivity contribution in [2.24, 2.45) is 5.10 Å². The van der Waals surface area contributed by atoms with Crippen LogP contribution in [0.3, 0.4) is 0 Å². The van der Waals surface area contributed by atoms with E-state index in [0.29, 0.717) is 4.48 Å². The molecule has 0 amide bonds. The molecule has 122 valence electrons. The van der Waals surface area contributed by atoms with E-state index in [0.717, 1.165) is 11.6 Å². The fourth-order valence-corrected chi connectivity index (χ4v) is 2.16. The molecule has 0 saturated carbocycles. The van der Waals surface area contributed by atoms with Crippen LogP contribution in [0.15, 0.2) is 58.1 Å². The summed E-state index contributed by atoms with van der Waals surface area (Å²) in [6, 6.07) is 12.8. The van der Waals surface area contributed by atoms with Crippen LogP contribution in [0.1, 0.15) is 5.56 Å². The van der Waals surface area contributed by atoms with Crippen LogP contribution in [-0.4, -0.2) is 16.1 Å². The summed E-state index contributed by atoms with van der Waals surface area (Å²) in [5.74, 6) is 0. The largest absolute Gasteiger partial charge is 0.301 e. The van der Waals surface area contributed by atoms with Gasteiger partial charge in [-0.15, -0.1) is 0 Å². The highest BCUT2D eigenvalue weighted by molar-refractivity contribution is 9.12. The van der Waals surface area contributed by atoms with Crippen LogP contribution in [-0.2, 0) is 0 Å². The highest BCUT2D eigenvalue weighted by Crippen LogP contribution is 2.28. The Hall–Kier alpha value is -3.07. The molecule has 0 aliphatic rings. The van der Waals surface area contributed by atoms with Gasteiger partial charge in [-0.05, 0) is 33.6 Å². The lowest BCUT2D eigenvalue weighted by atomic mass is 10.2. The smallest absolute Gasteiger partial charge is 0.272 e. The zero-order valence-electron chi connectivity index (χ0n) is 12.1. The third-order valence-corrected chi connectivity index (χ3v) is 3.30. The summed E-state index contributed by atoms with van der Waals surface area (Å²) in [5.41, 5.74) is 2.74. The van der Waals surface area contributed by atoms with E-state index in [4.69, 9.17) is 0 Å². The minimum Gasteiger partial charge on any atom is -0.272 e. The van der Waals surface area contributed by atoms with Gasteiger partial charge in [0.25, 0.3) is 5.69 Å². The average Bonchev–Trinajstić information content (AvgIpc) is 2.55. The van der Waals surface area contributed by atoms with Crippen LogP contribution >= 0.6 is 15.9 Å². The molecule has 9 heteroatoms. The van der Waals surface area contributed by atoms with E-state index in [9.17, 15) is 20.2 Å². The molecule has 0 saturated heterocycles. The van der Waals surface area contributed by atoms with Gasteiger partial charge >= 0.3 is 5.69 Å². The van der Waals surface area contributed by atoms with Crippen LogP contribution in [0.4, 0.5) is 17.1 Å². The lowest BCUT2D eigenvalue weighted by Gasteiger charge is -2.01. The van der Waals surface area contributed by atoms with Crippen molar-refractivity contribution in [3.63, 3.8) is 0 Å². The summed E-state index contributed by atoms with van der Waals surface area (Å²) in [4.78, 5) is 20.3. The van der Waals surface area contributed by atoms with E-state index >= 15 is 0 Å². The number of allylic oxidation sites excluding steroid dienone is 1. The Balaban J connectivity index is 2.15. The van der Waals surface area contributed by atoms with Gasteiger partial charge in [0.15, 0.2) is 0 Å². The van der Waals surface area contributed by atoms with E-state index in [-0.39, 0.29) is 11.4 Å². The van der Waals surface area contributed by atoms with Crippen molar-refractivity contribution >= 4 is 45.3 Å². The Kier molecular flexibility index (Phi) is 5.74. The van der Waals surface area contributed by atoms with E-state index in [1.807, 2.05) is 36.4 Å². The number of nitro benzene ring substituents is 2. The minimum atomic E-state index is -0.709. The number of nitrogens with one attached hydrogen (secondary N) is 1. The Labute approximate surface area is 144 Å². The van der Waals surface area contributed by atoms with Gasteiger partial charge in [-0.2, -0.15) is 5.10 Å². The second-order valence-corrected chi connectivity index (χ2v) is 5.44. The first kappa shape index (κ1) is 17.3. The van der Waals surface area contributed by atoms with Gasteiger partial charge < -0.3 is 0 Å². The van der Waals surface area contributed by atoms with Gasteiger partial charge in [0.1, 0.15) is 5.69 Å². The highest BCUT2D eigenvalue weighted by Gasteiger charge is 2.18. The molecule has 0 fully saturated rings. The quantitative estimate of drug-likeness (QED) is 0.448. The molecule has 24 heavy (non-hydrogen) atoms. The van der Waals surface area contributed by atoms with E-state index in [1.54, 1.807) is 0 Å².